The van der Waals surface area contributed by atoms with Crippen molar-refractivity contribution in [3.63, 3.8) is 0 Å². The van der Waals surface area contributed by atoms with E-state index in [4.69, 9.17) is 30.6 Å². The Morgan fingerprint density at radius 3 is 1.75 bits per heavy atom. The highest BCUT2D eigenvalue weighted by Gasteiger charge is 2.20. The molecule has 0 unspecified atom stereocenters. The first-order valence-corrected chi connectivity index (χ1v) is 14.1. The van der Waals surface area contributed by atoms with Gasteiger partial charge in [-0.05, 0) is 41.5 Å². The summed E-state index contributed by atoms with van der Waals surface area (Å²) >= 11 is 0. The number of rotatable bonds is 4. The molecule has 3 heterocycles. The highest BCUT2D eigenvalue weighted by molar-refractivity contribution is 6.11. The number of para-hydroxylation sites is 3. The number of aromatic nitrogens is 3. The van der Waals surface area contributed by atoms with E-state index in [2.05, 4.69) is 0 Å². The zero-order valence-electron chi connectivity index (χ0n) is 28.1. The molecule has 0 saturated heterocycles. The molecule has 206 valence electrons. The first kappa shape index (κ1) is 19.9. The molecule has 0 bridgehead atoms. The molecule has 3 aromatic heterocycles. The summed E-state index contributed by atoms with van der Waals surface area (Å²) in [6.45, 7) is 0. The molecule has 0 atom stereocenters. The van der Waals surface area contributed by atoms with Gasteiger partial charge in [0.25, 0.3) is 0 Å². The summed E-state index contributed by atoms with van der Waals surface area (Å²) in [4.78, 5) is 14.9. The number of hydrogen-bond acceptors (Lipinski definition) is 5. The monoisotopic (exact) mass is 570 g/mol. The minimum absolute atomic E-state index is 0.132. The molecule has 5 nitrogen and oxygen atoms in total. The predicted molar refractivity (Wildman–Crippen MR) is 176 cm³/mol. The third-order valence-electron chi connectivity index (χ3n) is 7.84. The average molecular weight is 571 g/mol. The fraction of sp³-hybridized carbons (Fsp3) is 0. The SMILES string of the molecule is [2H]c1c([2H])c([2H])c(-c2ccc3oc4c(-c5nc(-c6ccccc6)nc(-c6cccc7c6oc6ccccc67)n5)cccc4c3c2)c([2H])c1[2H]. The van der Waals surface area contributed by atoms with Gasteiger partial charge >= 0.3 is 0 Å². The maximum atomic E-state index is 8.49. The molecule has 0 saturated carbocycles. The van der Waals surface area contributed by atoms with E-state index in [9.17, 15) is 0 Å². The fourth-order valence-corrected chi connectivity index (χ4v) is 5.78. The van der Waals surface area contributed by atoms with Crippen LogP contribution in [0.2, 0.25) is 0 Å². The zero-order valence-corrected chi connectivity index (χ0v) is 23.1. The quantitative estimate of drug-likeness (QED) is 0.211. The van der Waals surface area contributed by atoms with E-state index in [0.717, 1.165) is 38.3 Å². The van der Waals surface area contributed by atoms with Crippen LogP contribution >= 0.6 is 0 Å². The van der Waals surface area contributed by atoms with Gasteiger partial charge < -0.3 is 8.83 Å². The number of furan rings is 2. The topological polar surface area (TPSA) is 65.0 Å². The minimum Gasteiger partial charge on any atom is -0.455 e. The third kappa shape index (κ3) is 3.91. The lowest BCUT2D eigenvalue weighted by molar-refractivity contribution is 0.669. The highest BCUT2D eigenvalue weighted by Crippen LogP contribution is 2.39. The van der Waals surface area contributed by atoms with Crippen LogP contribution in [0.15, 0.2) is 148 Å². The number of benzene rings is 6. The summed E-state index contributed by atoms with van der Waals surface area (Å²) < 4.78 is 54.1. The molecule has 6 aromatic carbocycles. The lowest BCUT2D eigenvalue weighted by Crippen LogP contribution is -2.00. The van der Waals surface area contributed by atoms with Gasteiger partial charge in [-0.3, -0.25) is 0 Å². The van der Waals surface area contributed by atoms with E-state index < -0.39 is 6.04 Å². The van der Waals surface area contributed by atoms with Gasteiger partial charge in [-0.1, -0.05) is 109 Å². The molecule has 0 aliphatic carbocycles. The third-order valence-corrected chi connectivity index (χ3v) is 7.84. The van der Waals surface area contributed by atoms with Crippen LogP contribution in [0.1, 0.15) is 6.85 Å². The van der Waals surface area contributed by atoms with Gasteiger partial charge in [-0.25, -0.2) is 15.0 Å². The molecule has 44 heavy (non-hydrogen) atoms. The van der Waals surface area contributed by atoms with Crippen LogP contribution in [0.5, 0.6) is 0 Å². The van der Waals surface area contributed by atoms with Gasteiger partial charge in [0.2, 0.25) is 0 Å². The van der Waals surface area contributed by atoms with Crippen LogP contribution in [0.3, 0.4) is 0 Å². The standard InChI is InChI=1S/C39H23N3O2/c1-3-11-24(12-4-1)26-21-22-34-32(23-26)29-17-10-19-31(36(29)44-34)39-41-37(25-13-5-2-6-14-25)40-38(42-39)30-18-9-16-28-27-15-7-8-20-33(27)43-35(28)30/h1-23H/i1D,3D,4D,11D,12D. The first-order valence-electron chi connectivity index (χ1n) is 16.6. The van der Waals surface area contributed by atoms with E-state index >= 15 is 0 Å². The van der Waals surface area contributed by atoms with Gasteiger partial charge in [0.15, 0.2) is 17.5 Å². The molecule has 0 N–H and O–H groups in total. The van der Waals surface area contributed by atoms with Gasteiger partial charge in [-0.2, -0.15) is 0 Å². The van der Waals surface area contributed by atoms with E-state index in [1.807, 2.05) is 91.0 Å². The maximum absolute atomic E-state index is 8.49. The summed E-state index contributed by atoms with van der Waals surface area (Å²) in [7, 11) is 0. The summed E-state index contributed by atoms with van der Waals surface area (Å²) in [6.07, 6.45) is 0. The molecule has 0 radical (unpaired) electrons. The Hall–Kier alpha value is -6.07. The van der Waals surface area contributed by atoms with Gasteiger partial charge in [0.05, 0.1) is 18.0 Å². The van der Waals surface area contributed by atoms with Crippen molar-refractivity contribution in [3.05, 3.63) is 139 Å². The normalized spacial score (nSPS) is 13.2. The molecule has 0 spiro atoms. The van der Waals surface area contributed by atoms with Crippen molar-refractivity contribution in [2.45, 2.75) is 0 Å². The Kier molecular flexibility index (Phi) is 4.42. The van der Waals surface area contributed by atoms with Gasteiger partial charge in [0.1, 0.15) is 22.3 Å². The molecule has 9 rings (SSSR count). The fourth-order valence-electron chi connectivity index (χ4n) is 5.78. The Balaban J connectivity index is 1.27. The van der Waals surface area contributed by atoms with E-state index in [1.54, 1.807) is 18.2 Å². The number of nitrogens with zero attached hydrogens (tertiary/aromatic N) is 3. The van der Waals surface area contributed by atoms with E-state index in [0.29, 0.717) is 45.3 Å². The molecule has 0 fully saturated rings. The lowest BCUT2D eigenvalue weighted by atomic mass is 10.0. The van der Waals surface area contributed by atoms with E-state index in [-0.39, 0.29) is 29.7 Å². The summed E-state index contributed by atoms with van der Waals surface area (Å²) in [6, 6.07) is 32.8. The molecule has 0 aliphatic heterocycles. The maximum Gasteiger partial charge on any atom is 0.167 e. The molecule has 5 heteroatoms. The molecular formula is C39H23N3O2. The van der Waals surface area contributed by atoms with Crippen LogP contribution in [0.4, 0.5) is 0 Å². The second kappa shape index (κ2) is 9.75. The van der Waals surface area contributed by atoms with Crippen molar-refractivity contribution >= 4 is 43.9 Å². The highest BCUT2D eigenvalue weighted by atomic mass is 16.3. The molecular weight excluding hydrogens is 542 g/mol. The van der Waals surface area contributed by atoms with Crippen molar-refractivity contribution in [2.24, 2.45) is 0 Å². The van der Waals surface area contributed by atoms with Crippen LogP contribution in [0.25, 0.3) is 89.2 Å². The minimum atomic E-state index is -0.429. The largest absolute Gasteiger partial charge is 0.455 e. The lowest BCUT2D eigenvalue weighted by Gasteiger charge is -2.09. The van der Waals surface area contributed by atoms with E-state index in [1.165, 1.54) is 0 Å². The van der Waals surface area contributed by atoms with Crippen LogP contribution in [-0.2, 0) is 0 Å². The van der Waals surface area contributed by atoms with Gasteiger partial charge in [0, 0.05) is 27.1 Å². The second-order valence-electron chi connectivity index (χ2n) is 10.4. The van der Waals surface area contributed by atoms with Gasteiger partial charge in [-0.15, -0.1) is 0 Å². The van der Waals surface area contributed by atoms with Crippen molar-refractivity contribution < 1.29 is 15.7 Å². The Bertz CT molecular complexity index is 2760. The predicted octanol–water partition coefficient (Wildman–Crippen LogP) is 10.3. The Labute approximate surface area is 259 Å². The second-order valence-corrected chi connectivity index (χ2v) is 10.4. The van der Waals surface area contributed by atoms with Crippen molar-refractivity contribution in [2.75, 3.05) is 0 Å². The van der Waals surface area contributed by atoms with Crippen LogP contribution < -0.4 is 0 Å². The number of hydrogen-bond donors (Lipinski definition) is 0. The molecule has 0 amide bonds. The smallest absolute Gasteiger partial charge is 0.167 e. The van der Waals surface area contributed by atoms with Crippen LogP contribution in [-0.4, -0.2) is 15.0 Å². The van der Waals surface area contributed by atoms with Crippen molar-refractivity contribution in [3.8, 4) is 45.3 Å². The Morgan fingerprint density at radius 1 is 0.432 bits per heavy atom. The molecule has 0 aliphatic rings. The molecule has 9 aromatic rings. The average Bonchev–Trinajstić information content (AvgIpc) is 3.72. The summed E-state index contributed by atoms with van der Waals surface area (Å²) in [5.74, 6) is 1.35. The zero-order chi connectivity index (χ0) is 33.4. The first-order chi connectivity index (χ1) is 23.9. The van der Waals surface area contributed by atoms with Crippen molar-refractivity contribution in [1.29, 1.82) is 0 Å². The number of fused-ring (bicyclic) bond motifs is 6. The summed E-state index contributed by atoms with van der Waals surface area (Å²) in [5, 5.41) is 3.47. The Morgan fingerprint density at radius 2 is 1.02 bits per heavy atom. The van der Waals surface area contributed by atoms with Crippen molar-refractivity contribution in [1.82, 2.24) is 15.0 Å². The van der Waals surface area contributed by atoms with Crippen LogP contribution in [0, 0.1) is 0 Å². The summed E-state index contributed by atoms with van der Waals surface area (Å²) in [5.41, 5.74) is 5.41.